The summed E-state index contributed by atoms with van der Waals surface area (Å²) in [5.41, 5.74) is 3.07. The molecular weight excluding hydrogens is 306 g/mol. The molecule has 0 spiro atoms. The van der Waals surface area contributed by atoms with Gasteiger partial charge in [-0.05, 0) is 42.7 Å². The van der Waals surface area contributed by atoms with Crippen molar-refractivity contribution in [2.45, 2.75) is 4.90 Å². The number of carbonyl (C=O) groups is 1. The lowest BCUT2D eigenvalue weighted by molar-refractivity contribution is -0.111. The van der Waals surface area contributed by atoms with E-state index in [1.54, 1.807) is 24.0 Å². The van der Waals surface area contributed by atoms with E-state index in [-0.39, 0.29) is 5.91 Å². The highest BCUT2D eigenvalue weighted by atomic mass is 32.2. The normalized spacial score (nSPS) is 11.0. The molecule has 114 valence electrons. The summed E-state index contributed by atoms with van der Waals surface area (Å²) in [6.07, 6.45) is 6.78. The summed E-state index contributed by atoms with van der Waals surface area (Å²) in [6, 6.07) is 15.3. The van der Waals surface area contributed by atoms with Crippen molar-refractivity contribution < 1.29 is 4.79 Å². The zero-order valence-corrected chi connectivity index (χ0v) is 13.4. The molecule has 1 heterocycles. The number of nitrogens with zero attached hydrogens (tertiary/aromatic N) is 2. The number of amides is 1. The van der Waals surface area contributed by atoms with E-state index in [1.165, 1.54) is 6.08 Å². The molecule has 0 fully saturated rings. The Labute approximate surface area is 138 Å². The quantitative estimate of drug-likeness (QED) is 0.583. The second-order valence-electron chi connectivity index (χ2n) is 4.84. The minimum Gasteiger partial charge on any atom is -0.322 e. The highest BCUT2D eigenvalue weighted by Gasteiger charge is 2.00. The molecule has 4 nitrogen and oxygen atoms in total. The van der Waals surface area contributed by atoms with Crippen LogP contribution in [0.5, 0.6) is 0 Å². The Hall–Kier alpha value is -2.66. The van der Waals surface area contributed by atoms with Crippen LogP contribution in [-0.2, 0) is 4.79 Å². The van der Waals surface area contributed by atoms with E-state index in [0.29, 0.717) is 5.69 Å². The molecule has 0 saturated heterocycles. The highest BCUT2D eigenvalue weighted by molar-refractivity contribution is 7.98. The molecule has 1 aromatic heterocycles. The van der Waals surface area contributed by atoms with Crippen LogP contribution in [0.4, 0.5) is 5.69 Å². The highest BCUT2D eigenvalue weighted by Crippen LogP contribution is 2.19. The van der Waals surface area contributed by atoms with Crippen molar-refractivity contribution in [1.29, 1.82) is 0 Å². The van der Waals surface area contributed by atoms with Crippen LogP contribution >= 0.6 is 11.8 Å². The lowest BCUT2D eigenvalue weighted by atomic mass is 10.3. The molecule has 0 saturated carbocycles. The molecule has 0 radical (unpaired) electrons. The first-order valence-corrected chi connectivity index (χ1v) is 8.32. The number of aromatic nitrogens is 2. The van der Waals surface area contributed by atoms with Crippen molar-refractivity contribution in [3.8, 4) is 0 Å². The fourth-order valence-electron chi connectivity index (χ4n) is 2.10. The Balaban J connectivity index is 1.71. The molecule has 0 aliphatic heterocycles. The predicted molar refractivity (Wildman–Crippen MR) is 95.4 cm³/mol. The minimum atomic E-state index is -0.196. The van der Waals surface area contributed by atoms with E-state index in [1.807, 2.05) is 54.8 Å². The lowest BCUT2D eigenvalue weighted by Gasteiger charge is -2.03. The number of para-hydroxylation sites is 2. The largest absolute Gasteiger partial charge is 0.322 e. The molecule has 0 aliphatic rings. The SMILES string of the molecule is CSc1cccc(NC(=O)C=Cc2cnc3ccccc3n2)c1. The number of rotatable bonds is 4. The van der Waals surface area contributed by atoms with Crippen molar-refractivity contribution >= 4 is 40.5 Å². The molecule has 3 aromatic rings. The maximum atomic E-state index is 12.0. The number of carbonyl (C=O) groups excluding carboxylic acids is 1. The van der Waals surface area contributed by atoms with Crippen LogP contribution < -0.4 is 5.32 Å². The van der Waals surface area contributed by atoms with Gasteiger partial charge in [0, 0.05) is 16.7 Å². The Morgan fingerprint density at radius 3 is 2.78 bits per heavy atom. The topological polar surface area (TPSA) is 54.9 Å². The summed E-state index contributed by atoms with van der Waals surface area (Å²) in [7, 11) is 0. The van der Waals surface area contributed by atoms with Gasteiger partial charge in [0.15, 0.2) is 0 Å². The zero-order valence-electron chi connectivity index (χ0n) is 12.6. The summed E-state index contributed by atoms with van der Waals surface area (Å²) < 4.78 is 0. The summed E-state index contributed by atoms with van der Waals surface area (Å²) >= 11 is 1.63. The van der Waals surface area contributed by atoms with Gasteiger partial charge in [-0.3, -0.25) is 9.78 Å². The van der Waals surface area contributed by atoms with Gasteiger partial charge in [0.1, 0.15) is 0 Å². The monoisotopic (exact) mass is 321 g/mol. The molecule has 5 heteroatoms. The van der Waals surface area contributed by atoms with E-state index in [2.05, 4.69) is 15.3 Å². The van der Waals surface area contributed by atoms with Crippen molar-refractivity contribution in [3.63, 3.8) is 0 Å². The lowest BCUT2D eigenvalue weighted by Crippen LogP contribution is -2.07. The van der Waals surface area contributed by atoms with E-state index in [9.17, 15) is 4.79 Å². The molecule has 1 amide bonds. The van der Waals surface area contributed by atoms with Gasteiger partial charge in [0.2, 0.25) is 5.91 Å². The van der Waals surface area contributed by atoms with Crippen molar-refractivity contribution in [1.82, 2.24) is 9.97 Å². The summed E-state index contributed by atoms with van der Waals surface area (Å²) in [5, 5.41) is 2.84. The first-order chi connectivity index (χ1) is 11.2. The van der Waals surface area contributed by atoms with Gasteiger partial charge in [-0.15, -0.1) is 11.8 Å². The van der Waals surface area contributed by atoms with Crippen LogP contribution in [0, 0.1) is 0 Å². The molecule has 0 bridgehead atoms. The third kappa shape index (κ3) is 3.96. The van der Waals surface area contributed by atoms with Gasteiger partial charge in [0.05, 0.1) is 22.9 Å². The fraction of sp³-hybridized carbons (Fsp3) is 0.0556. The van der Waals surface area contributed by atoms with Gasteiger partial charge in [-0.25, -0.2) is 4.98 Å². The molecule has 0 unspecified atom stereocenters. The van der Waals surface area contributed by atoms with Crippen molar-refractivity contribution in [3.05, 3.63) is 66.5 Å². The molecule has 2 aromatic carbocycles. The van der Waals surface area contributed by atoms with Gasteiger partial charge < -0.3 is 5.32 Å². The first-order valence-electron chi connectivity index (χ1n) is 7.09. The zero-order chi connectivity index (χ0) is 16.1. The third-order valence-electron chi connectivity index (χ3n) is 3.21. The third-order valence-corrected chi connectivity index (χ3v) is 3.94. The number of hydrogen-bond acceptors (Lipinski definition) is 4. The Kier molecular flexibility index (Phi) is 4.68. The number of fused-ring (bicyclic) bond motifs is 1. The van der Waals surface area contributed by atoms with E-state index in [4.69, 9.17) is 0 Å². The molecule has 1 N–H and O–H groups in total. The van der Waals surface area contributed by atoms with Gasteiger partial charge in [0.25, 0.3) is 0 Å². The van der Waals surface area contributed by atoms with Crippen molar-refractivity contribution in [2.24, 2.45) is 0 Å². The number of thioether (sulfide) groups is 1. The second-order valence-corrected chi connectivity index (χ2v) is 5.72. The van der Waals surface area contributed by atoms with Crippen molar-refractivity contribution in [2.75, 3.05) is 11.6 Å². The van der Waals surface area contributed by atoms with Crippen LogP contribution in [0.25, 0.3) is 17.1 Å². The number of nitrogens with one attached hydrogen (secondary N) is 1. The summed E-state index contributed by atoms with van der Waals surface area (Å²) in [6.45, 7) is 0. The number of hydrogen-bond donors (Lipinski definition) is 1. The first kappa shape index (κ1) is 15.2. The smallest absolute Gasteiger partial charge is 0.248 e. The van der Waals surface area contributed by atoms with Crippen LogP contribution in [0.2, 0.25) is 0 Å². The Morgan fingerprint density at radius 2 is 1.96 bits per heavy atom. The van der Waals surface area contributed by atoms with E-state index >= 15 is 0 Å². The molecular formula is C18H15N3OS. The molecule has 0 atom stereocenters. The fourth-order valence-corrected chi connectivity index (χ4v) is 2.56. The maximum absolute atomic E-state index is 12.0. The maximum Gasteiger partial charge on any atom is 0.248 e. The average Bonchev–Trinajstić information content (AvgIpc) is 2.60. The molecule has 3 rings (SSSR count). The predicted octanol–water partition coefficient (Wildman–Crippen LogP) is 4.00. The van der Waals surface area contributed by atoms with E-state index in [0.717, 1.165) is 21.6 Å². The number of anilines is 1. The molecule has 23 heavy (non-hydrogen) atoms. The summed E-state index contributed by atoms with van der Waals surface area (Å²) in [4.78, 5) is 21.9. The van der Waals surface area contributed by atoms with Crippen LogP contribution in [0.3, 0.4) is 0 Å². The standard InChI is InChI=1S/C18H15N3OS/c1-23-15-6-4-5-13(11-15)21-18(22)10-9-14-12-19-16-7-2-3-8-17(16)20-14/h2-12H,1H3,(H,21,22). The Bertz CT molecular complexity index is 877. The van der Waals surface area contributed by atoms with E-state index < -0.39 is 0 Å². The summed E-state index contributed by atoms with van der Waals surface area (Å²) in [5.74, 6) is -0.196. The van der Waals surface area contributed by atoms with Gasteiger partial charge >= 0.3 is 0 Å². The van der Waals surface area contributed by atoms with Gasteiger partial charge in [-0.1, -0.05) is 18.2 Å². The van der Waals surface area contributed by atoms with Crippen LogP contribution in [0.1, 0.15) is 5.69 Å². The van der Waals surface area contributed by atoms with Crippen LogP contribution in [-0.4, -0.2) is 22.1 Å². The minimum absolute atomic E-state index is 0.196. The number of benzene rings is 2. The second kappa shape index (κ2) is 7.07. The molecule has 0 aliphatic carbocycles. The Morgan fingerprint density at radius 1 is 1.13 bits per heavy atom. The van der Waals surface area contributed by atoms with Crippen LogP contribution in [0.15, 0.2) is 65.7 Å². The average molecular weight is 321 g/mol. The van der Waals surface area contributed by atoms with Gasteiger partial charge in [-0.2, -0.15) is 0 Å².